The van der Waals surface area contributed by atoms with Crippen molar-refractivity contribution in [1.82, 2.24) is 10.2 Å². The fourth-order valence-electron chi connectivity index (χ4n) is 1.61. The normalized spacial score (nSPS) is 10.9. The molecule has 0 aliphatic rings. The van der Waals surface area contributed by atoms with E-state index in [1.54, 1.807) is 0 Å². The highest BCUT2D eigenvalue weighted by molar-refractivity contribution is 5.49. The quantitative estimate of drug-likeness (QED) is 0.380. The van der Waals surface area contributed by atoms with Crippen molar-refractivity contribution in [2.24, 2.45) is 5.73 Å². The molecule has 0 bridgehead atoms. The second kappa shape index (κ2) is 12.6. The zero-order valence-electron chi connectivity index (χ0n) is 10.6. The van der Waals surface area contributed by atoms with Crippen LogP contribution in [0.5, 0.6) is 0 Å². The fraction of sp³-hybridized carbons (Fsp3) is 0.917. The number of aldehydes is 1. The van der Waals surface area contributed by atoms with Crippen LogP contribution in [-0.4, -0.2) is 50.5 Å². The highest BCUT2D eigenvalue weighted by Crippen LogP contribution is 1.97. The van der Waals surface area contributed by atoms with Gasteiger partial charge in [-0.05, 0) is 32.5 Å². The lowest BCUT2D eigenvalue weighted by Gasteiger charge is -2.21. The van der Waals surface area contributed by atoms with Crippen molar-refractivity contribution in [3.63, 3.8) is 0 Å². The second-order valence-electron chi connectivity index (χ2n) is 4.04. The fourth-order valence-corrected chi connectivity index (χ4v) is 1.61. The maximum absolute atomic E-state index is 10.3. The zero-order chi connectivity index (χ0) is 12.1. The van der Waals surface area contributed by atoms with Crippen molar-refractivity contribution < 1.29 is 4.79 Å². The summed E-state index contributed by atoms with van der Waals surface area (Å²) in [5.74, 6) is 0. The van der Waals surface area contributed by atoms with Crippen LogP contribution < -0.4 is 11.1 Å². The summed E-state index contributed by atoms with van der Waals surface area (Å²) in [5.41, 5.74) is 5.39. The lowest BCUT2D eigenvalue weighted by atomic mass is 10.2. The first-order valence-electron chi connectivity index (χ1n) is 6.42. The molecule has 0 rings (SSSR count). The number of unbranched alkanes of at least 4 members (excludes halogenated alkanes) is 1. The first-order chi connectivity index (χ1) is 7.85. The van der Waals surface area contributed by atoms with Crippen molar-refractivity contribution in [2.75, 3.05) is 39.3 Å². The van der Waals surface area contributed by atoms with Crippen LogP contribution in [0.15, 0.2) is 0 Å². The number of rotatable bonds is 12. The molecule has 0 saturated carbocycles. The van der Waals surface area contributed by atoms with Gasteiger partial charge in [0.15, 0.2) is 0 Å². The highest BCUT2D eigenvalue weighted by atomic mass is 16.1. The first-order valence-corrected chi connectivity index (χ1v) is 6.42. The van der Waals surface area contributed by atoms with Crippen molar-refractivity contribution in [1.29, 1.82) is 0 Å². The SMILES string of the molecule is CCCCN(CCC=O)CCCNCCN. The molecular weight excluding hydrogens is 202 g/mol. The van der Waals surface area contributed by atoms with E-state index in [9.17, 15) is 4.79 Å². The molecule has 4 nitrogen and oxygen atoms in total. The van der Waals surface area contributed by atoms with Gasteiger partial charge in [0.25, 0.3) is 0 Å². The lowest BCUT2D eigenvalue weighted by molar-refractivity contribution is -0.108. The van der Waals surface area contributed by atoms with Gasteiger partial charge in [-0.25, -0.2) is 0 Å². The molecule has 96 valence electrons. The third-order valence-corrected chi connectivity index (χ3v) is 2.54. The molecule has 0 spiro atoms. The molecule has 0 unspecified atom stereocenters. The van der Waals surface area contributed by atoms with Crippen LogP contribution >= 0.6 is 0 Å². The summed E-state index contributed by atoms with van der Waals surface area (Å²) in [5, 5.41) is 3.28. The van der Waals surface area contributed by atoms with E-state index < -0.39 is 0 Å². The molecule has 0 heterocycles. The average Bonchev–Trinajstić information content (AvgIpc) is 2.31. The number of hydrogen-bond acceptors (Lipinski definition) is 4. The molecule has 0 aliphatic heterocycles. The number of carbonyl (C=O) groups is 1. The third-order valence-electron chi connectivity index (χ3n) is 2.54. The molecule has 0 aromatic heterocycles. The van der Waals surface area contributed by atoms with Gasteiger partial charge in [0.2, 0.25) is 0 Å². The summed E-state index contributed by atoms with van der Waals surface area (Å²) in [6.07, 6.45) is 5.21. The van der Waals surface area contributed by atoms with Crippen molar-refractivity contribution in [3.05, 3.63) is 0 Å². The van der Waals surface area contributed by atoms with Crippen LogP contribution in [0.25, 0.3) is 0 Å². The van der Waals surface area contributed by atoms with Gasteiger partial charge in [-0.2, -0.15) is 0 Å². The molecule has 0 fully saturated rings. The summed E-state index contributed by atoms with van der Waals surface area (Å²) in [6, 6.07) is 0. The summed E-state index contributed by atoms with van der Waals surface area (Å²) >= 11 is 0. The van der Waals surface area contributed by atoms with Crippen LogP contribution in [0, 0.1) is 0 Å². The Kier molecular flexibility index (Phi) is 12.3. The number of hydrogen-bond donors (Lipinski definition) is 2. The molecule has 0 saturated heterocycles. The van der Waals surface area contributed by atoms with Crippen molar-refractivity contribution in [3.8, 4) is 0 Å². The van der Waals surface area contributed by atoms with Gasteiger partial charge >= 0.3 is 0 Å². The first kappa shape index (κ1) is 15.6. The summed E-state index contributed by atoms with van der Waals surface area (Å²) in [7, 11) is 0. The zero-order valence-corrected chi connectivity index (χ0v) is 10.6. The molecule has 0 aliphatic carbocycles. The number of nitrogens with two attached hydrogens (primary N) is 1. The summed E-state index contributed by atoms with van der Waals surface area (Å²) < 4.78 is 0. The van der Waals surface area contributed by atoms with Gasteiger partial charge in [-0.15, -0.1) is 0 Å². The van der Waals surface area contributed by atoms with E-state index in [0.717, 1.165) is 45.4 Å². The Hall–Kier alpha value is -0.450. The van der Waals surface area contributed by atoms with Crippen molar-refractivity contribution in [2.45, 2.75) is 32.6 Å². The predicted octanol–water partition coefficient (Wildman–Crippen LogP) is 0.616. The molecule has 0 radical (unpaired) electrons. The number of nitrogens with one attached hydrogen (secondary N) is 1. The predicted molar refractivity (Wildman–Crippen MR) is 68.6 cm³/mol. The van der Waals surface area contributed by atoms with E-state index in [2.05, 4.69) is 17.1 Å². The molecule has 3 N–H and O–H groups in total. The second-order valence-corrected chi connectivity index (χ2v) is 4.04. The summed E-state index contributed by atoms with van der Waals surface area (Å²) in [6.45, 7) is 7.89. The molecule has 0 aromatic carbocycles. The topological polar surface area (TPSA) is 58.4 Å². The van der Waals surface area contributed by atoms with Gasteiger partial charge in [0.1, 0.15) is 6.29 Å². The third kappa shape index (κ3) is 10.1. The van der Waals surface area contributed by atoms with E-state index in [4.69, 9.17) is 5.73 Å². The molecule has 0 atom stereocenters. The standard InChI is InChI=1S/C12H27N3O/c1-2-3-9-15(11-5-12-16)10-4-7-14-8-6-13/h12,14H,2-11,13H2,1H3. The summed E-state index contributed by atoms with van der Waals surface area (Å²) in [4.78, 5) is 12.7. The molecular formula is C12H27N3O. The molecule has 0 aromatic rings. The van der Waals surface area contributed by atoms with Gasteiger partial charge in [0, 0.05) is 26.1 Å². The minimum absolute atomic E-state index is 0.653. The Morgan fingerprint density at radius 1 is 1.19 bits per heavy atom. The van der Waals surface area contributed by atoms with Gasteiger partial charge in [0.05, 0.1) is 0 Å². The van der Waals surface area contributed by atoms with Gasteiger partial charge in [-0.3, -0.25) is 0 Å². The Labute approximate surface area is 99.6 Å². The van der Waals surface area contributed by atoms with E-state index >= 15 is 0 Å². The minimum Gasteiger partial charge on any atom is -0.329 e. The molecule has 0 amide bonds. The molecule has 4 heteroatoms. The van der Waals surface area contributed by atoms with E-state index in [-0.39, 0.29) is 0 Å². The van der Waals surface area contributed by atoms with Crippen molar-refractivity contribution >= 4 is 6.29 Å². The Morgan fingerprint density at radius 3 is 2.56 bits per heavy atom. The van der Waals surface area contributed by atoms with Crippen LogP contribution in [-0.2, 0) is 4.79 Å². The lowest BCUT2D eigenvalue weighted by Crippen LogP contribution is -2.31. The van der Waals surface area contributed by atoms with Crippen LogP contribution in [0.2, 0.25) is 0 Å². The molecule has 16 heavy (non-hydrogen) atoms. The van der Waals surface area contributed by atoms with Gasteiger partial charge < -0.3 is 20.7 Å². The van der Waals surface area contributed by atoms with E-state index in [1.807, 2.05) is 0 Å². The minimum atomic E-state index is 0.653. The highest BCUT2D eigenvalue weighted by Gasteiger charge is 2.02. The Morgan fingerprint density at radius 2 is 1.94 bits per heavy atom. The largest absolute Gasteiger partial charge is 0.329 e. The Balaban J connectivity index is 3.51. The van der Waals surface area contributed by atoms with Gasteiger partial charge in [-0.1, -0.05) is 13.3 Å². The van der Waals surface area contributed by atoms with E-state index in [1.165, 1.54) is 12.8 Å². The monoisotopic (exact) mass is 229 g/mol. The number of nitrogens with zero attached hydrogens (tertiary/aromatic N) is 1. The maximum atomic E-state index is 10.3. The Bertz CT molecular complexity index is 153. The van der Waals surface area contributed by atoms with E-state index in [0.29, 0.717) is 13.0 Å². The average molecular weight is 229 g/mol. The number of carbonyl (C=O) groups excluding carboxylic acids is 1. The maximum Gasteiger partial charge on any atom is 0.121 e. The van der Waals surface area contributed by atoms with Crippen LogP contribution in [0.4, 0.5) is 0 Å². The van der Waals surface area contributed by atoms with Crippen LogP contribution in [0.3, 0.4) is 0 Å². The van der Waals surface area contributed by atoms with Crippen LogP contribution in [0.1, 0.15) is 32.6 Å². The smallest absolute Gasteiger partial charge is 0.121 e.